The van der Waals surface area contributed by atoms with Crippen molar-refractivity contribution < 1.29 is 13.5 Å². The molecule has 8 nitrogen and oxygen atoms in total. The van der Waals surface area contributed by atoms with Crippen molar-refractivity contribution in [1.29, 1.82) is 0 Å². The van der Waals surface area contributed by atoms with E-state index in [0.29, 0.717) is 28.9 Å². The summed E-state index contributed by atoms with van der Waals surface area (Å²) < 4.78 is 27.6. The topological polar surface area (TPSA) is 93.8 Å². The molecule has 0 aliphatic rings. The molecule has 5 aromatic rings. The van der Waals surface area contributed by atoms with Gasteiger partial charge < -0.3 is 19.5 Å². The normalized spacial score (nSPS) is 10.4. The Morgan fingerprint density at radius 1 is 1.11 bits per heavy atom. The Balaban J connectivity index is 0.000000907. The van der Waals surface area contributed by atoms with Crippen LogP contribution in [0.25, 0.3) is 22.3 Å². The number of H-pyrrole nitrogens is 1. The summed E-state index contributed by atoms with van der Waals surface area (Å²) in [4.78, 5) is 12.2. The zero-order valence-corrected chi connectivity index (χ0v) is 22.3. The number of pyridine rings is 1. The molecule has 0 unspecified atom stereocenters. The lowest BCUT2D eigenvalue weighted by Crippen LogP contribution is -2.05. The second-order valence-electron chi connectivity index (χ2n) is 7.72. The molecule has 0 radical (unpaired) electrons. The van der Waals surface area contributed by atoms with Gasteiger partial charge in [-0.2, -0.15) is 5.10 Å². The zero-order valence-electron chi connectivity index (χ0n) is 22.3. The Labute approximate surface area is 216 Å². The second kappa shape index (κ2) is 13.2. The second-order valence-corrected chi connectivity index (χ2v) is 7.72. The SMILES string of the molecule is CC.CC.COc1cc(-c2cnn(C)c2)cc(F)c1CNc1ccnc2nc(CCc3ccco3)[nH]c12. The van der Waals surface area contributed by atoms with Crippen molar-refractivity contribution >= 4 is 16.9 Å². The third kappa shape index (κ3) is 6.55. The molecular weight excluding hydrogens is 471 g/mol. The van der Waals surface area contributed by atoms with Crippen LogP contribution in [-0.2, 0) is 26.4 Å². The lowest BCUT2D eigenvalue weighted by Gasteiger charge is -2.13. The number of hydrogen-bond acceptors (Lipinski definition) is 6. The van der Waals surface area contributed by atoms with Gasteiger partial charge in [0.25, 0.3) is 0 Å². The highest BCUT2D eigenvalue weighted by molar-refractivity contribution is 5.85. The first-order valence-electron chi connectivity index (χ1n) is 12.6. The van der Waals surface area contributed by atoms with Crippen molar-refractivity contribution in [3.63, 3.8) is 0 Å². The number of hydrogen-bond donors (Lipinski definition) is 2. The van der Waals surface area contributed by atoms with Gasteiger partial charge in [0.1, 0.15) is 28.7 Å². The van der Waals surface area contributed by atoms with Crippen molar-refractivity contribution in [1.82, 2.24) is 24.7 Å². The standard InChI is InChI=1S/C24H23FN6O2.2C2H6/c1-31-14-16(12-28-31)15-10-19(25)18(21(11-15)32-2)13-27-20-7-8-26-24-23(20)29-22(30-24)6-5-17-4-3-9-33-17;2*1-2/h3-4,7-12,14H,5-6,13H2,1-2H3,(H2,26,27,29,30);2*1-2H3. The molecular formula is C28H35FN6O2. The van der Waals surface area contributed by atoms with Crippen LogP contribution in [0.1, 0.15) is 44.8 Å². The van der Waals surface area contributed by atoms with E-state index in [1.54, 1.807) is 23.3 Å². The number of halogens is 1. The molecule has 4 aromatic heterocycles. The Morgan fingerprint density at radius 2 is 1.92 bits per heavy atom. The lowest BCUT2D eigenvalue weighted by atomic mass is 10.0. The smallest absolute Gasteiger partial charge is 0.179 e. The molecule has 0 atom stereocenters. The molecule has 0 saturated carbocycles. The van der Waals surface area contributed by atoms with E-state index in [-0.39, 0.29) is 12.4 Å². The van der Waals surface area contributed by atoms with Crippen molar-refractivity contribution in [3.05, 3.63) is 78.2 Å². The van der Waals surface area contributed by atoms with Gasteiger partial charge in [0.2, 0.25) is 0 Å². The van der Waals surface area contributed by atoms with Crippen LogP contribution in [0.2, 0.25) is 0 Å². The maximum Gasteiger partial charge on any atom is 0.179 e. The van der Waals surface area contributed by atoms with Crippen LogP contribution >= 0.6 is 0 Å². The summed E-state index contributed by atoms with van der Waals surface area (Å²) in [5.74, 6) is 1.83. The number of fused-ring (bicyclic) bond motifs is 1. The minimum atomic E-state index is -0.352. The Bertz CT molecular complexity index is 1390. The number of benzene rings is 1. The fourth-order valence-corrected chi connectivity index (χ4v) is 3.81. The van der Waals surface area contributed by atoms with Crippen molar-refractivity contribution in [3.8, 4) is 16.9 Å². The first-order valence-corrected chi connectivity index (χ1v) is 12.6. The minimum absolute atomic E-state index is 0.238. The van der Waals surface area contributed by atoms with E-state index in [1.165, 1.54) is 13.2 Å². The lowest BCUT2D eigenvalue weighted by molar-refractivity contribution is 0.405. The maximum atomic E-state index is 15.1. The number of anilines is 1. The molecule has 37 heavy (non-hydrogen) atoms. The van der Waals surface area contributed by atoms with E-state index >= 15 is 4.39 Å². The highest BCUT2D eigenvalue weighted by Crippen LogP contribution is 2.31. The van der Waals surface area contributed by atoms with E-state index in [4.69, 9.17) is 9.15 Å². The highest BCUT2D eigenvalue weighted by atomic mass is 19.1. The fourth-order valence-electron chi connectivity index (χ4n) is 3.81. The molecule has 0 fully saturated rings. The van der Waals surface area contributed by atoms with Crippen molar-refractivity contribution in [2.75, 3.05) is 12.4 Å². The van der Waals surface area contributed by atoms with Gasteiger partial charge in [0.05, 0.1) is 25.3 Å². The largest absolute Gasteiger partial charge is 0.496 e. The average Bonchev–Trinajstić information content (AvgIpc) is 3.70. The zero-order chi connectivity index (χ0) is 26.8. The summed E-state index contributed by atoms with van der Waals surface area (Å²) >= 11 is 0. The predicted molar refractivity (Wildman–Crippen MR) is 145 cm³/mol. The monoisotopic (exact) mass is 506 g/mol. The van der Waals surface area contributed by atoms with Crippen LogP contribution in [0.4, 0.5) is 10.1 Å². The molecule has 0 amide bonds. The van der Waals surface area contributed by atoms with Crippen LogP contribution in [0.15, 0.2) is 59.6 Å². The third-order valence-electron chi connectivity index (χ3n) is 5.50. The number of aryl methyl sites for hydroxylation is 3. The molecule has 0 spiro atoms. The molecule has 196 valence electrons. The van der Waals surface area contributed by atoms with Gasteiger partial charge in [0.15, 0.2) is 5.65 Å². The van der Waals surface area contributed by atoms with Crippen LogP contribution in [0, 0.1) is 5.82 Å². The number of furan rings is 1. The van der Waals surface area contributed by atoms with Gasteiger partial charge >= 0.3 is 0 Å². The Hall–Kier alpha value is -4.14. The fraction of sp³-hybridized carbons (Fsp3) is 0.321. The summed E-state index contributed by atoms with van der Waals surface area (Å²) in [5.41, 5.74) is 4.14. The Kier molecular flexibility index (Phi) is 9.83. The quantitative estimate of drug-likeness (QED) is 0.248. The number of imidazole rings is 1. The van der Waals surface area contributed by atoms with E-state index in [0.717, 1.165) is 34.8 Å². The average molecular weight is 507 g/mol. The maximum absolute atomic E-state index is 15.1. The summed E-state index contributed by atoms with van der Waals surface area (Å²) in [5, 5.41) is 7.46. The first kappa shape index (κ1) is 27.4. The number of ether oxygens (including phenoxy) is 1. The number of methoxy groups -OCH3 is 1. The third-order valence-corrected chi connectivity index (χ3v) is 5.50. The van der Waals surface area contributed by atoms with Crippen molar-refractivity contribution in [2.45, 2.75) is 47.1 Å². The van der Waals surface area contributed by atoms with E-state index < -0.39 is 0 Å². The van der Waals surface area contributed by atoms with Crippen LogP contribution in [-0.4, -0.2) is 31.8 Å². The Morgan fingerprint density at radius 3 is 2.59 bits per heavy atom. The summed E-state index contributed by atoms with van der Waals surface area (Å²) in [6, 6.07) is 8.97. The van der Waals surface area contributed by atoms with Gasteiger partial charge in [-0.1, -0.05) is 27.7 Å². The first-order chi connectivity index (χ1) is 18.1. The van der Waals surface area contributed by atoms with E-state index in [9.17, 15) is 0 Å². The van der Waals surface area contributed by atoms with Crippen LogP contribution < -0.4 is 10.1 Å². The van der Waals surface area contributed by atoms with E-state index in [2.05, 4.69) is 25.4 Å². The molecule has 0 saturated heterocycles. The van der Waals surface area contributed by atoms with Gasteiger partial charge in [-0.25, -0.2) is 14.4 Å². The predicted octanol–water partition coefficient (Wildman–Crippen LogP) is 6.55. The van der Waals surface area contributed by atoms with Gasteiger partial charge in [-0.05, 0) is 35.9 Å². The minimum Gasteiger partial charge on any atom is -0.496 e. The van der Waals surface area contributed by atoms with Crippen molar-refractivity contribution in [2.24, 2.45) is 7.05 Å². The molecule has 9 heteroatoms. The van der Waals surface area contributed by atoms with Gasteiger partial charge in [-0.3, -0.25) is 4.68 Å². The summed E-state index contributed by atoms with van der Waals surface area (Å²) in [6.45, 7) is 8.24. The molecule has 0 aliphatic heterocycles. The molecule has 4 heterocycles. The molecule has 0 aliphatic carbocycles. The summed E-state index contributed by atoms with van der Waals surface area (Å²) in [7, 11) is 3.36. The molecule has 1 aromatic carbocycles. The van der Waals surface area contributed by atoms with Crippen LogP contribution in [0.5, 0.6) is 5.75 Å². The number of nitrogens with one attached hydrogen (secondary N) is 2. The van der Waals surface area contributed by atoms with Gasteiger partial charge in [0, 0.05) is 50.0 Å². The number of aromatic nitrogens is 5. The van der Waals surface area contributed by atoms with Crippen LogP contribution in [0.3, 0.4) is 0 Å². The number of nitrogens with zero attached hydrogens (tertiary/aromatic N) is 4. The molecule has 0 bridgehead atoms. The number of rotatable bonds is 8. The molecule has 5 rings (SSSR count). The molecule has 2 N–H and O–H groups in total. The number of aromatic amines is 1. The van der Waals surface area contributed by atoms with E-state index in [1.807, 2.05) is 65.2 Å². The highest BCUT2D eigenvalue weighted by Gasteiger charge is 2.15. The summed E-state index contributed by atoms with van der Waals surface area (Å²) in [6.07, 6.45) is 8.31. The van der Waals surface area contributed by atoms with Gasteiger partial charge in [-0.15, -0.1) is 0 Å².